The van der Waals surface area contributed by atoms with Crippen molar-refractivity contribution in [2.45, 2.75) is 19.8 Å². The van der Waals surface area contributed by atoms with Crippen LogP contribution in [0.2, 0.25) is 0 Å². The lowest BCUT2D eigenvalue weighted by molar-refractivity contribution is 0.0968. The number of benzene rings is 1. The normalized spacial score (nSPS) is 10.6. The van der Waals surface area contributed by atoms with Gasteiger partial charge in [-0.2, -0.15) is 0 Å². The monoisotopic (exact) mass is 235 g/mol. The maximum Gasteiger partial charge on any atom is 0.167 e. The second-order valence-electron chi connectivity index (χ2n) is 4.32. The standard InChI is InChI=1S/C14H21NO2/c1-4-11-17-14-8-6-5-7-12(14)13(16)9-10-15(2)3/h5-8H,4,9-11H2,1-3H3. The number of carbonyl (C=O) groups is 1. The lowest BCUT2D eigenvalue weighted by Gasteiger charge is -2.11. The van der Waals surface area contributed by atoms with Crippen LogP contribution < -0.4 is 4.74 Å². The van der Waals surface area contributed by atoms with Crippen LogP contribution in [-0.4, -0.2) is 37.9 Å². The summed E-state index contributed by atoms with van der Waals surface area (Å²) >= 11 is 0. The quantitative estimate of drug-likeness (QED) is 0.680. The molecule has 0 atom stereocenters. The number of hydrogen-bond acceptors (Lipinski definition) is 3. The lowest BCUT2D eigenvalue weighted by atomic mass is 10.1. The highest BCUT2D eigenvalue weighted by Gasteiger charge is 2.11. The number of ketones is 1. The fraction of sp³-hybridized carbons (Fsp3) is 0.500. The van der Waals surface area contributed by atoms with E-state index in [1.807, 2.05) is 43.3 Å². The Balaban J connectivity index is 2.70. The summed E-state index contributed by atoms with van der Waals surface area (Å²) in [4.78, 5) is 14.0. The van der Waals surface area contributed by atoms with Gasteiger partial charge < -0.3 is 9.64 Å². The minimum atomic E-state index is 0.144. The van der Waals surface area contributed by atoms with Crippen LogP contribution in [0.3, 0.4) is 0 Å². The van der Waals surface area contributed by atoms with Crippen LogP contribution >= 0.6 is 0 Å². The van der Waals surface area contributed by atoms with Gasteiger partial charge in [0.1, 0.15) is 5.75 Å². The van der Waals surface area contributed by atoms with Crippen molar-refractivity contribution in [3.8, 4) is 5.75 Å². The summed E-state index contributed by atoms with van der Waals surface area (Å²) in [5, 5.41) is 0. The van der Waals surface area contributed by atoms with E-state index in [2.05, 4.69) is 6.92 Å². The Morgan fingerprint density at radius 1 is 1.29 bits per heavy atom. The zero-order valence-corrected chi connectivity index (χ0v) is 10.9. The molecule has 0 aliphatic rings. The van der Waals surface area contributed by atoms with Gasteiger partial charge in [0.05, 0.1) is 12.2 Å². The number of para-hydroxylation sites is 1. The summed E-state index contributed by atoms with van der Waals surface area (Å²) in [5.41, 5.74) is 0.697. The number of carbonyl (C=O) groups excluding carboxylic acids is 1. The molecule has 3 heteroatoms. The number of rotatable bonds is 7. The molecule has 0 bridgehead atoms. The molecule has 1 aromatic carbocycles. The van der Waals surface area contributed by atoms with Crippen molar-refractivity contribution in [3.05, 3.63) is 29.8 Å². The summed E-state index contributed by atoms with van der Waals surface area (Å²) in [5.74, 6) is 0.850. The molecule has 0 aliphatic carbocycles. The molecule has 0 aromatic heterocycles. The second-order valence-corrected chi connectivity index (χ2v) is 4.32. The summed E-state index contributed by atoms with van der Waals surface area (Å²) in [6, 6.07) is 7.47. The number of hydrogen-bond donors (Lipinski definition) is 0. The van der Waals surface area contributed by atoms with E-state index >= 15 is 0 Å². The molecule has 1 rings (SSSR count). The molecule has 1 aromatic rings. The molecular formula is C14H21NO2. The largest absolute Gasteiger partial charge is 0.493 e. The van der Waals surface area contributed by atoms with Crippen LogP contribution in [0, 0.1) is 0 Å². The predicted molar refractivity (Wildman–Crippen MR) is 69.7 cm³/mol. The highest BCUT2D eigenvalue weighted by atomic mass is 16.5. The highest BCUT2D eigenvalue weighted by molar-refractivity contribution is 5.98. The third-order valence-corrected chi connectivity index (χ3v) is 2.44. The summed E-state index contributed by atoms with van der Waals surface area (Å²) in [6.07, 6.45) is 1.47. The fourth-order valence-corrected chi connectivity index (χ4v) is 1.49. The first-order chi connectivity index (χ1) is 8.15. The molecule has 0 saturated heterocycles. The average Bonchev–Trinajstić information content (AvgIpc) is 2.33. The van der Waals surface area contributed by atoms with Crippen LogP contribution in [0.25, 0.3) is 0 Å². The van der Waals surface area contributed by atoms with Gasteiger partial charge in [-0.1, -0.05) is 19.1 Å². The van der Waals surface area contributed by atoms with Gasteiger partial charge in [-0.25, -0.2) is 0 Å². The number of Topliss-reactive ketones (excluding diaryl/α,β-unsaturated/α-hetero) is 1. The van der Waals surface area contributed by atoms with Crippen molar-refractivity contribution >= 4 is 5.78 Å². The van der Waals surface area contributed by atoms with Crippen LogP contribution in [0.5, 0.6) is 5.75 Å². The molecule has 0 heterocycles. The Labute approximate surface area is 103 Å². The van der Waals surface area contributed by atoms with Gasteiger partial charge in [0, 0.05) is 13.0 Å². The van der Waals surface area contributed by atoms with Gasteiger partial charge in [-0.05, 0) is 32.6 Å². The SMILES string of the molecule is CCCOc1ccccc1C(=O)CCN(C)C. The zero-order valence-electron chi connectivity index (χ0n) is 10.9. The Bertz CT molecular complexity index is 361. The predicted octanol–water partition coefficient (Wildman–Crippen LogP) is 2.61. The maximum absolute atomic E-state index is 12.0. The Morgan fingerprint density at radius 3 is 2.65 bits per heavy atom. The third-order valence-electron chi connectivity index (χ3n) is 2.44. The summed E-state index contributed by atoms with van der Waals surface area (Å²) < 4.78 is 5.58. The van der Waals surface area contributed by atoms with Gasteiger partial charge in [0.15, 0.2) is 5.78 Å². The topological polar surface area (TPSA) is 29.5 Å². The van der Waals surface area contributed by atoms with Crippen molar-refractivity contribution in [1.82, 2.24) is 4.90 Å². The molecule has 17 heavy (non-hydrogen) atoms. The van der Waals surface area contributed by atoms with E-state index in [0.717, 1.165) is 13.0 Å². The van der Waals surface area contributed by atoms with Gasteiger partial charge in [-0.15, -0.1) is 0 Å². The number of nitrogens with zero attached hydrogens (tertiary/aromatic N) is 1. The van der Waals surface area contributed by atoms with Crippen molar-refractivity contribution in [2.24, 2.45) is 0 Å². The van der Waals surface area contributed by atoms with E-state index in [-0.39, 0.29) is 5.78 Å². The van der Waals surface area contributed by atoms with Crippen LogP contribution in [0.4, 0.5) is 0 Å². The van der Waals surface area contributed by atoms with E-state index in [1.54, 1.807) is 0 Å². The van der Waals surface area contributed by atoms with E-state index in [4.69, 9.17) is 4.74 Å². The van der Waals surface area contributed by atoms with Crippen molar-refractivity contribution in [2.75, 3.05) is 27.2 Å². The second kappa shape index (κ2) is 7.07. The molecule has 0 radical (unpaired) electrons. The average molecular weight is 235 g/mol. The third kappa shape index (κ3) is 4.57. The Hall–Kier alpha value is -1.35. The van der Waals surface area contributed by atoms with Crippen molar-refractivity contribution in [3.63, 3.8) is 0 Å². The molecule has 0 fully saturated rings. The first-order valence-corrected chi connectivity index (χ1v) is 6.05. The van der Waals surface area contributed by atoms with Crippen molar-refractivity contribution < 1.29 is 9.53 Å². The van der Waals surface area contributed by atoms with Crippen LogP contribution in [0.1, 0.15) is 30.1 Å². The van der Waals surface area contributed by atoms with Crippen molar-refractivity contribution in [1.29, 1.82) is 0 Å². The molecule has 94 valence electrons. The fourth-order valence-electron chi connectivity index (χ4n) is 1.49. The molecule has 3 nitrogen and oxygen atoms in total. The smallest absolute Gasteiger partial charge is 0.167 e. The molecular weight excluding hydrogens is 214 g/mol. The number of ether oxygens (including phenoxy) is 1. The maximum atomic E-state index is 12.0. The zero-order chi connectivity index (χ0) is 12.7. The molecule has 0 amide bonds. The van der Waals surface area contributed by atoms with E-state index < -0.39 is 0 Å². The Morgan fingerprint density at radius 2 is 2.00 bits per heavy atom. The Kier molecular flexibility index (Phi) is 5.70. The molecule has 0 spiro atoms. The van der Waals surface area contributed by atoms with Crippen LogP contribution in [0.15, 0.2) is 24.3 Å². The van der Waals surface area contributed by atoms with Gasteiger partial charge in [0.25, 0.3) is 0 Å². The molecule has 0 unspecified atom stereocenters. The molecule has 0 saturated carbocycles. The summed E-state index contributed by atoms with van der Waals surface area (Å²) in [7, 11) is 3.93. The summed E-state index contributed by atoms with van der Waals surface area (Å²) in [6.45, 7) is 3.47. The van der Waals surface area contributed by atoms with Gasteiger partial charge in [-0.3, -0.25) is 4.79 Å². The minimum Gasteiger partial charge on any atom is -0.493 e. The first-order valence-electron chi connectivity index (χ1n) is 6.05. The highest BCUT2D eigenvalue weighted by Crippen LogP contribution is 2.19. The molecule has 0 N–H and O–H groups in total. The molecule has 0 aliphatic heterocycles. The lowest BCUT2D eigenvalue weighted by Crippen LogP contribution is -2.17. The van der Waals surface area contributed by atoms with E-state index in [0.29, 0.717) is 24.3 Å². The van der Waals surface area contributed by atoms with Gasteiger partial charge >= 0.3 is 0 Å². The van der Waals surface area contributed by atoms with Crippen LogP contribution in [-0.2, 0) is 0 Å². The van der Waals surface area contributed by atoms with E-state index in [1.165, 1.54) is 0 Å². The van der Waals surface area contributed by atoms with E-state index in [9.17, 15) is 4.79 Å². The van der Waals surface area contributed by atoms with Gasteiger partial charge in [0.2, 0.25) is 0 Å². The minimum absolute atomic E-state index is 0.144. The first kappa shape index (κ1) is 13.7.